The highest BCUT2D eigenvalue weighted by Gasteiger charge is 2.11. The van der Waals surface area contributed by atoms with Gasteiger partial charge in [0.15, 0.2) is 0 Å². The number of aliphatic carboxylic acids is 1. The number of carboxylic acid groups (broad SMARTS) is 1. The van der Waals surface area contributed by atoms with Crippen LogP contribution in [-0.2, 0) is 16.0 Å². The number of amides is 1. The van der Waals surface area contributed by atoms with E-state index in [4.69, 9.17) is 10.4 Å². The third-order valence-electron chi connectivity index (χ3n) is 2.76. The highest BCUT2D eigenvalue weighted by Crippen LogP contribution is 1.99. The molecule has 110 valence electrons. The lowest BCUT2D eigenvalue weighted by Gasteiger charge is -2.07. The summed E-state index contributed by atoms with van der Waals surface area (Å²) in [4.78, 5) is 22.4. The summed E-state index contributed by atoms with van der Waals surface area (Å²) in [5, 5.41) is 22.7. The van der Waals surface area contributed by atoms with Crippen molar-refractivity contribution in [3.8, 4) is 6.07 Å². The lowest BCUT2D eigenvalue weighted by molar-refractivity contribution is -0.138. The third kappa shape index (κ3) is 5.78. The van der Waals surface area contributed by atoms with E-state index in [1.165, 1.54) is 6.92 Å². The minimum Gasteiger partial charge on any atom is -0.480 e. The normalized spacial score (nSPS) is 12.1. The van der Waals surface area contributed by atoms with E-state index in [1.54, 1.807) is 6.07 Å². The molecule has 6 nitrogen and oxygen atoms in total. The number of nitriles is 1. The summed E-state index contributed by atoms with van der Waals surface area (Å²) in [6.07, 6.45) is 1.78. The van der Waals surface area contributed by atoms with Crippen molar-refractivity contribution in [3.63, 3.8) is 0 Å². The standard InChI is InChI=1S/C15H17N3O3/c1-11(15(20)21)18-10-13(9-16)14(19)17-8-7-12-5-3-2-4-6-12/h2-6,10-11,18H,7-8H2,1H3,(H,17,19)(H,20,21)/b13-10-. The number of rotatable bonds is 7. The van der Waals surface area contributed by atoms with Crippen LogP contribution in [0.5, 0.6) is 0 Å². The van der Waals surface area contributed by atoms with E-state index in [1.807, 2.05) is 30.3 Å². The Balaban J connectivity index is 2.47. The number of hydrogen-bond acceptors (Lipinski definition) is 4. The summed E-state index contributed by atoms with van der Waals surface area (Å²) < 4.78 is 0. The summed E-state index contributed by atoms with van der Waals surface area (Å²) in [5.41, 5.74) is 0.925. The Morgan fingerprint density at radius 2 is 2.05 bits per heavy atom. The molecule has 1 aromatic rings. The molecule has 21 heavy (non-hydrogen) atoms. The minimum atomic E-state index is -1.06. The predicted octanol–water partition coefficient (Wildman–Crippen LogP) is 0.815. The van der Waals surface area contributed by atoms with Gasteiger partial charge in [-0.15, -0.1) is 0 Å². The summed E-state index contributed by atoms with van der Waals surface area (Å²) in [7, 11) is 0. The van der Waals surface area contributed by atoms with Crippen LogP contribution in [0.1, 0.15) is 12.5 Å². The van der Waals surface area contributed by atoms with Crippen LogP contribution >= 0.6 is 0 Å². The van der Waals surface area contributed by atoms with Crippen LogP contribution in [-0.4, -0.2) is 29.6 Å². The Labute approximate surface area is 123 Å². The van der Waals surface area contributed by atoms with E-state index >= 15 is 0 Å². The van der Waals surface area contributed by atoms with Crippen molar-refractivity contribution < 1.29 is 14.7 Å². The van der Waals surface area contributed by atoms with E-state index in [2.05, 4.69) is 10.6 Å². The first-order chi connectivity index (χ1) is 10.0. The van der Waals surface area contributed by atoms with E-state index in [9.17, 15) is 9.59 Å². The Morgan fingerprint density at radius 3 is 2.62 bits per heavy atom. The van der Waals surface area contributed by atoms with Gasteiger partial charge >= 0.3 is 5.97 Å². The number of benzene rings is 1. The van der Waals surface area contributed by atoms with Crippen LogP contribution in [0.25, 0.3) is 0 Å². The molecule has 0 spiro atoms. The fourth-order valence-corrected chi connectivity index (χ4v) is 1.49. The van der Waals surface area contributed by atoms with E-state index in [0.717, 1.165) is 11.8 Å². The molecule has 1 atom stereocenters. The lowest BCUT2D eigenvalue weighted by Crippen LogP contribution is -2.32. The van der Waals surface area contributed by atoms with Gasteiger partial charge in [-0.1, -0.05) is 30.3 Å². The van der Waals surface area contributed by atoms with Crippen molar-refractivity contribution in [2.75, 3.05) is 6.54 Å². The Kier molecular flexibility index (Phi) is 6.48. The van der Waals surface area contributed by atoms with Gasteiger partial charge in [0.2, 0.25) is 0 Å². The molecule has 0 radical (unpaired) electrons. The van der Waals surface area contributed by atoms with Crippen molar-refractivity contribution in [2.45, 2.75) is 19.4 Å². The molecule has 6 heteroatoms. The topological polar surface area (TPSA) is 102 Å². The molecule has 1 aromatic carbocycles. The first kappa shape index (κ1) is 16.2. The smallest absolute Gasteiger partial charge is 0.325 e. The minimum absolute atomic E-state index is 0.156. The van der Waals surface area contributed by atoms with Gasteiger partial charge in [-0.3, -0.25) is 9.59 Å². The van der Waals surface area contributed by atoms with Gasteiger partial charge in [0.1, 0.15) is 17.7 Å². The second-order valence-electron chi connectivity index (χ2n) is 4.39. The molecule has 0 aliphatic carbocycles. The average Bonchev–Trinajstić information content (AvgIpc) is 2.48. The number of nitrogens with one attached hydrogen (secondary N) is 2. The van der Waals surface area contributed by atoms with Crippen LogP contribution in [0.2, 0.25) is 0 Å². The lowest BCUT2D eigenvalue weighted by atomic mass is 10.1. The molecule has 1 rings (SSSR count). The van der Waals surface area contributed by atoms with Crippen molar-refractivity contribution in [3.05, 3.63) is 47.7 Å². The van der Waals surface area contributed by atoms with Gasteiger partial charge in [-0.2, -0.15) is 5.26 Å². The maximum Gasteiger partial charge on any atom is 0.325 e. The first-order valence-corrected chi connectivity index (χ1v) is 6.46. The highest BCUT2D eigenvalue weighted by molar-refractivity contribution is 5.97. The van der Waals surface area contributed by atoms with Crippen LogP contribution in [0.3, 0.4) is 0 Å². The Morgan fingerprint density at radius 1 is 1.38 bits per heavy atom. The molecule has 0 aliphatic heterocycles. The number of carbonyl (C=O) groups excluding carboxylic acids is 1. The maximum atomic E-state index is 11.8. The fourth-order valence-electron chi connectivity index (χ4n) is 1.49. The second kappa shape index (κ2) is 8.38. The number of carboxylic acids is 1. The molecule has 0 aliphatic rings. The predicted molar refractivity (Wildman–Crippen MR) is 77.1 cm³/mol. The first-order valence-electron chi connectivity index (χ1n) is 6.46. The molecule has 0 saturated heterocycles. The van der Waals surface area contributed by atoms with Gasteiger partial charge in [-0.05, 0) is 18.9 Å². The molecular weight excluding hydrogens is 270 g/mol. The van der Waals surface area contributed by atoms with Gasteiger partial charge in [0.25, 0.3) is 5.91 Å². The molecule has 0 aromatic heterocycles. The van der Waals surface area contributed by atoms with E-state index in [0.29, 0.717) is 13.0 Å². The van der Waals surface area contributed by atoms with Crippen LogP contribution in [0.4, 0.5) is 0 Å². The summed E-state index contributed by atoms with van der Waals surface area (Å²) >= 11 is 0. The largest absolute Gasteiger partial charge is 0.480 e. The van der Waals surface area contributed by atoms with Crippen LogP contribution < -0.4 is 10.6 Å². The Bertz CT molecular complexity index is 561. The molecule has 0 bridgehead atoms. The molecule has 1 unspecified atom stereocenters. The zero-order valence-corrected chi connectivity index (χ0v) is 11.7. The van der Waals surface area contributed by atoms with Crippen LogP contribution in [0.15, 0.2) is 42.1 Å². The molecule has 1 amide bonds. The monoisotopic (exact) mass is 287 g/mol. The third-order valence-corrected chi connectivity index (χ3v) is 2.76. The average molecular weight is 287 g/mol. The molecule has 0 fully saturated rings. The zero-order valence-electron chi connectivity index (χ0n) is 11.7. The maximum absolute atomic E-state index is 11.8. The summed E-state index contributed by atoms with van der Waals surface area (Å²) in [5.74, 6) is -1.59. The van der Waals surface area contributed by atoms with E-state index in [-0.39, 0.29) is 5.57 Å². The van der Waals surface area contributed by atoms with Crippen molar-refractivity contribution >= 4 is 11.9 Å². The highest BCUT2D eigenvalue weighted by atomic mass is 16.4. The van der Waals surface area contributed by atoms with Crippen LogP contribution in [0, 0.1) is 11.3 Å². The summed E-state index contributed by atoms with van der Waals surface area (Å²) in [6.45, 7) is 1.82. The summed E-state index contributed by atoms with van der Waals surface area (Å²) in [6, 6.07) is 10.5. The fraction of sp³-hybridized carbons (Fsp3) is 0.267. The number of nitrogens with zero attached hydrogens (tertiary/aromatic N) is 1. The van der Waals surface area contributed by atoms with Gasteiger partial charge in [-0.25, -0.2) is 0 Å². The quantitative estimate of drug-likeness (QED) is 0.509. The van der Waals surface area contributed by atoms with Crippen molar-refractivity contribution in [1.29, 1.82) is 5.26 Å². The van der Waals surface area contributed by atoms with Gasteiger partial charge in [0, 0.05) is 12.7 Å². The SMILES string of the molecule is CC(N/C=C(/C#N)C(=O)NCCc1ccccc1)C(=O)O. The van der Waals surface area contributed by atoms with E-state index < -0.39 is 17.9 Å². The number of hydrogen-bond donors (Lipinski definition) is 3. The molecule has 3 N–H and O–H groups in total. The Hall–Kier alpha value is -2.81. The van der Waals surface area contributed by atoms with Crippen molar-refractivity contribution in [2.24, 2.45) is 0 Å². The molecule has 0 heterocycles. The second-order valence-corrected chi connectivity index (χ2v) is 4.39. The van der Waals surface area contributed by atoms with Crippen molar-refractivity contribution in [1.82, 2.24) is 10.6 Å². The van der Waals surface area contributed by atoms with Gasteiger partial charge in [0.05, 0.1) is 0 Å². The molecular formula is C15H17N3O3. The molecule has 0 saturated carbocycles. The van der Waals surface area contributed by atoms with Gasteiger partial charge < -0.3 is 15.7 Å². The zero-order chi connectivity index (χ0) is 15.7. The number of carbonyl (C=O) groups is 2.